The largest absolute Gasteiger partial charge is 0.491 e. The van der Waals surface area contributed by atoms with Gasteiger partial charge < -0.3 is 15.2 Å². The van der Waals surface area contributed by atoms with Crippen LogP contribution < -0.4 is 10.1 Å². The molecule has 198 valence electrons. The Hall–Kier alpha value is -1.86. The van der Waals surface area contributed by atoms with Crippen LogP contribution in [0.2, 0.25) is 0 Å². The molecule has 0 heterocycles. The number of carboxylic acids is 1. The standard InChI is InChI=1S/C30H35Br2NO4/c31-25-15-24(16-26(32)28(25)37-18-19-4-2-1-3-5-19)30(17-20-6-9-23(30)14-20)22-10-7-21(8-11-22)29(36)33-13-12-27(34)35/h7-8,10-11,15-16,19-20,23H,1-6,9,12-14,17-18H2,(H,33,36)(H,34,35). The van der Waals surface area contributed by atoms with Gasteiger partial charge in [-0.05, 0) is 117 Å². The van der Waals surface area contributed by atoms with Gasteiger partial charge in [-0.25, -0.2) is 0 Å². The molecule has 5 nitrogen and oxygen atoms in total. The summed E-state index contributed by atoms with van der Waals surface area (Å²) >= 11 is 7.67. The van der Waals surface area contributed by atoms with E-state index in [2.05, 4.69) is 61.4 Å². The highest BCUT2D eigenvalue weighted by Gasteiger charge is 2.53. The van der Waals surface area contributed by atoms with Gasteiger partial charge >= 0.3 is 5.97 Å². The molecule has 3 aliphatic carbocycles. The van der Waals surface area contributed by atoms with Crippen LogP contribution in [-0.2, 0) is 10.2 Å². The van der Waals surface area contributed by atoms with E-state index in [1.54, 1.807) is 0 Å². The molecule has 2 aromatic rings. The highest BCUT2D eigenvalue weighted by atomic mass is 79.9. The third-order valence-electron chi connectivity index (χ3n) is 8.84. The predicted octanol–water partition coefficient (Wildman–Crippen LogP) is 7.48. The summed E-state index contributed by atoms with van der Waals surface area (Å²) in [7, 11) is 0. The Morgan fingerprint density at radius 1 is 0.973 bits per heavy atom. The molecule has 2 N–H and O–H groups in total. The molecule has 37 heavy (non-hydrogen) atoms. The van der Waals surface area contributed by atoms with Crippen molar-refractivity contribution in [3.8, 4) is 5.75 Å². The van der Waals surface area contributed by atoms with Crippen molar-refractivity contribution >= 4 is 43.7 Å². The van der Waals surface area contributed by atoms with Crippen LogP contribution in [0, 0.1) is 17.8 Å². The third kappa shape index (κ3) is 5.63. The Labute approximate surface area is 236 Å². The van der Waals surface area contributed by atoms with Gasteiger partial charge in [0, 0.05) is 17.5 Å². The monoisotopic (exact) mass is 631 g/mol. The number of hydrogen-bond donors (Lipinski definition) is 2. The molecule has 3 atom stereocenters. The molecule has 0 aliphatic heterocycles. The number of fused-ring (bicyclic) bond motifs is 2. The van der Waals surface area contributed by atoms with Crippen LogP contribution in [0.25, 0.3) is 0 Å². The van der Waals surface area contributed by atoms with E-state index in [0.717, 1.165) is 33.6 Å². The van der Waals surface area contributed by atoms with Crippen molar-refractivity contribution in [2.45, 2.75) is 69.6 Å². The lowest BCUT2D eigenvalue weighted by Crippen LogP contribution is -2.34. The second kappa shape index (κ2) is 11.5. The number of benzene rings is 2. The number of aliphatic carboxylic acids is 1. The Morgan fingerprint density at radius 2 is 1.68 bits per heavy atom. The third-order valence-corrected chi connectivity index (χ3v) is 10.0. The van der Waals surface area contributed by atoms with Gasteiger partial charge in [0.1, 0.15) is 5.75 Å². The van der Waals surface area contributed by atoms with Crippen LogP contribution >= 0.6 is 31.9 Å². The van der Waals surface area contributed by atoms with Crippen molar-refractivity contribution in [1.82, 2.24) is 5.32 Å². The molecular formula is C30H35Br2NO4. The van der Waals surface area contributed by atoms with Gasteiger partial charge in [0.15, 0.2) is 0 Å². The fourth-order valence-electron chi connectivity index (χ4n) is 7.02. The van der Waals surface area contributed by atoms with Crippen LogP contribution in [0.15, 0.2) is 45.3 Å². The first-order valence-electron chi connectivity index (χ1n) is 13.6. The van der Waals surface area contributed by atoms with Gasteiger partial charge in [0.2, 0.25) is 0 Å². The number of ether oxygens (including phenoxy) is 1. The lowest BCUT2D eigenvalue weighted by Gasteiger charge is -2.39. The van der Waals surface area contributed by atoms with E-state index in [9.17, 15) is 9.59 Å². The minimum Gasteiger partial charge on any atom is -0.491 e. The van der Waals surface area contributed by atoms with E-state index < -0.39 is 5.97 Å². The molecule has 0 aromatic heterocycles. The minimum atomic E-state index is -0.920. The molecule has 7 heteroatoms. The average molecular weight is 633 g/mol. The van der Waals surface area contributed by atoms with Crippen molar-refractivity contribution in [1.29, 1.82) is 0 Å². The fourth-order valence-corrected chi connectivity index (χ4v) is 8.43. The van der Waals surface area contributed by atoms with Crippen molar-refractivity contribution in [3.05, 3.63) is 62.0 Å². The maximum absolute atomic E-state index is 12.5. The number of carbonyl (C=O) groups is 2. The number of rotatable bonds is 9. The van der Waals surface area contributed by atoms with Crippen LogP contribution in [0.4, 0.5) is 0 Å². The zero-order valence-corrected chi connectivity index (χ0v) is 24.3. The molecule has 2 bridgehead atoms. The molecular weight excluding hydrogens is 598 g/mol. The van der Waals surface area contributed by atoms with Gasteiger partial charge in [-0.2, -0.15) is 0 Å². The Bertz CT molecular complexity index is 1120. The smallest absolute Gasteiger partial charge is 0.305 e. The first-order chi connectivity index (χ1) is 17.9. The molecule has 1 amide bonds. The van der Waals surface area contributed by atoms with Crippen LogP contribution in [-0.4, -0.2) is 30.1 Å². The summed E-state index contributed by atoms with van der Waals surface area (Å²) in [6.07, 6.45) is 11.3. The van der Waals surface area contributed by atoms with E-state index in [4.69, 9.17) is 9.84 Å². The molecule has 0 saturated heterocycles. The van der Waals surface area contributed by atoms with Crippen molar-refractivity contribution < 1.29 is 19.4 Å². The molecule has 3 aliphatic rings. The molecule has 3 saturated carbocycles. The van der Waals surface area contributed by atoms with Gasteiger partial charge in [0.05, 0.1) is 22.0 Å². The lowest BCUT2D eigenvalue weighted by atomic mass is 9.64. The molecule has 3 unspecified atom stereocenters. The molecule has 5 rings (SSSR count). The summed E-state index contributed by atoms with van der Waals surface area (Å²) in [5, 5.41) is 11.5. The maximum Gasteiger partial charge on any atom is 0.305 e. The summed E-state index contributed by atoms with van der Waals surface area (Å²) in [4.78, 5) is 23.3. The Balaban J connectivity index is 1.39. The number of hydrogen-bond acceptors (Lipinski definition) is 3. The van der Waals surface area contributed by atoms with Crippen LogP contribution in [0.5, 0.6) is 5.75 Å². The minimum absolute atomic E-state index is 0.0832. The van der Waals surface area contributed by atoms with E-state index in [1.807, 2.05) is 12.1 Å². The number of carbonyl (C=O) groups excluding carboxylic acids is 1. The van der Waals surface area contributed by atoms with E-state index in [1.165, 1.54) is 62.5 Å². The van der Waals surface area contributed by atoms with Crippen molar-refractivity contribution in [3.63, 3.8) is 0 Å². The molecule has 2 aromatic carbocycles. The summed E-state index contributed by atoms with van der Waals surface area (Å²) < 4.78 is 8.32. The van der Waals surface area contributed by atoms with Gasteiger partial charge in [-0.1, -0.05) is 37.8 Å². The Morgan fingerprint density at radius 3 is 2.27 bits per heavy atom. The lowest BCUT2D eigenvalue weighted by molar-refractivity contribution is -0.136. The van der Waals surface area contributed by atoms with Crippen molar-refractivity contribution in [2.75, 3.05) is 13.2 Å². The zero-order valence-electron chi connectivity index (χ0n) is 21.1. The second-order valence-corrected chi connectivity index (χ2v) is 12.8. The summed E-state index contributed by atoms with van der Waals surface area (Å²) in [5.41, 5.74) is 3.01. The molecule has 0 radical (unpaired) electrons. The maximum atomic E-state index is 12.5. The van der Waals surface area contributed by atoms with Crippen LogP contribution in [0.3, 0.4) is 0 Å². The average Bonchev–Trinajstić information content (AvgIpc) is 3.51. The van der Waals surface area contributed by atoms with E-state index in [0.29, 0.717) is 17.4 Å². The summed E-state index contributed by atoms with van der Waals surface area (Å²) in [6.45, 7) is 0.892. The van der Waals surface area contributed by atoms with Gasteiger partial charge in [0.25, 0.3) is 5.91 Å². The predicted molar refractivity (Wildman–Crippen MR) is 151 cm³/mol. The SMILES string of the molecule is O=C(O)CCNC(=O)c1ccc(C2(c3cc(Br)c(OCC4CCCCC4)c(Br)c3)CC3CCC2C3)cc1. The number of carboxylic acid groups (broad SMARTS) is 1. The fraction of sp³-hybridized carbons (Fsp3) is 0.533. The second-order valence-electron chi connectivity index (χ2n) is 11.1. The molecule has 0 spiro atoms. The van der Waals surface area contributed by atoms with Gasteiger partial charge in [-0.15, -0.1) is 0 Å². The summed E-state index contributed by atoms with van der Waals surface area (Å²) in [6, 6.07) is 12.5. The first kappa shape index (κ1) is 26.7. The number of halogens is 2. The number of amides is 1. The first-order valence-corrected chi connectivity index (χ1v) is 15.2. The topological polar surface area (TPSA) is 75.6 Å². The van der Waals surface area contributed by atoms with Crippen LogP contribution in [0.1, 0.15) is 85.7 Å². The van der Waals surface area contributed by atoms with E-state index >= 15 is 0 Å². The summed E-state index contributed by atoms with van der Waals surface area (Å²) in [5.74, 6) is 1.67. The quantitative estimate of drug-likeness (QED) is 0.300. The highest BCUT2D eigenvalue weighted by Crippen LogP contribution is 2.60. The zero-order chi connectivity index (χ0) is 26.0. The van der Waals surface area contributed by atoms with Crippen molar-refractivity contribution in [2.24, 2.45) is 17.8 Å². The van der Waals surface area contributed by atoms with E-state index in [-0.39, 0.29) is 24.3 Å². The number of nitrogens with one attached hydrogen (secondary N) is 1. The molecule has 3 fully saturated rings. The normalized spacial score (nSPS) is 25.2. The van der Waals surface area contributed by atoms with Gasteiger partial charge in [-0.3, -0.25) is 9.59 Å². The highest BCUT2D eigenvalue weighted by molar-refractivity contribution is 9.11. The Kier molecular flexibility index (Phi) is 8.30.